The van der Waals surface area contributed by atoms with Crippen molar-refractivity contribution < 1.29 is 0 Å². The van der Waals surface area contributed by atoms with Crippen molar-refractivity contribution in [3.63, 3.8) is 0 Å². The van der Waals surface area contributed by atoms with E-state index in [4.69, 9.17) is 17.3 Å². The van der Waals surface area contributed by atoms with Gasteiger partial charge in [-0.1, -0.05) is 37.1 Å². The van der Waals surface area contributed by atoms with Gasteiger partial charge in [-0.25, -0.2) is 0 Å². The third kappa shape index (κ3) is 1.67. The number of benzene rings is 1. The molecule has 2 atom stereocenters. The topological polar surface area (TPSA) is 26.0 Å². The average molecular weight is 210 g/mol. The third-order valence-corrected chi connectivity index (χ3v) is 3.42. The van der Waals surface area contributed by atoms with Gasteiger partial charge in [0, 0.05) is 10.6 Å². The number of hydrogen-bond acceptors (Lipinski definition) is 1. The Bertz CT molecular complexity index is 320. The van der Waals surface area contributed by atoms with Crippen molar-refractivity contribution in [2.45, 2.75) is 31.7 Å². The zero-order valence-electron chi connectivity index (χ0n) is 8.46. The van der Waals surface area contributed by atoms with E-state index in [-0.39, 0.29) is 5.54 Å². The van der Waals surface area contributed by atoms with Crippen LogP contribution in [0.4, 0.5) is 0 Å². The Morgan fingerprint density at radius 2 is 2.07 bits per heavy atom. The van der Waals surface area contributed by atoms with Gasteiger partial charge >= 0.3 is 0 Å². The molecule has 1 aliphatic rings. The molecule has 76 valence electrons. The first-order chi connectivity index (χ1) is 6.66. The van der Waals surface area contributed by atoms with Gasteiger partial charge in [-0.2, -0.15) is 0 Å². The van der Waals surface area contributed by atoms with Crippen LogP contribution in [0.5, 0.6) is 0 Å². The normalized spacial score (nSPS) is 30.4. The molecular weight excluding hydrogens is 194 g/mol. The lowest BCUT2D eigenvalue weighted by Gasteiger charge is -2.11. The maximum Gasteiger partial charge on any atom is 0.0442 e. The summed E-state index contributed by atoms with van der Waals surface area (Å²) in [5.41, 5.74) is 7.49. The van der Waals surface area contributed by atoms with Crippen molar-refractivity contribution in [3.8, 4) is 0 Å². The molecule has 0 aliphatic heterocycles. The molecule has 2 N–H and O–H groups in total. The van der Waals surface area contributed by atoms with E-state index in [0.29, 0.717) is 5.92 Å². The number of rotatable bonds is 3. The van der Waals surface area contributed by atoms with E-state index in [0.717, 1.165) is 11.4 Å². The fourth-order valence-electron chi connectivity index (χ4n) is 2.17. The zero-order valence-corrected chi connectivity index (χ0v) is 9.22. The summed E-state index contributed by atoms with van der Waals surface area (Å²) < 4.78 is 0. The Labute approximate surface area is 90.3 Å². The highest BCUT2D eigenvalue weighted by Gasteiger charge is 2.50. The SMILES string of the molecule is CCC[C@H]1C[C@@]1(N)c1ccc(Cl)cc1. The highest BCUT2D eigenvalue weighted by Crippen LogP contribution is 2.52. The summed E-state index contributed by atoms with van der Waals surface area (Å²) in [6, 6.07) is 7.95. The minimum absolute atomic E-state index is 0.0550. The fraction of sp³-hybridized carbons (Fsp3) is 0.500. The molecule has 1 saturated carbocycles. The average Bonchev–Trinajstić information content (AvgIpc) is 2.80. The Morgan fingerprint density at radius 3 is 2.64 bits per heavy atom. The van der Waals surface area contributed by atoms with Crippen LogP contribution in [-0.2, 0) is 5.54 Å². The van der Waals surface area contributed by atoms with Gasteiger partial charge in [0.15, 0.2) is 0 Å². The van der Waals surface area contributed by atoms with Gasteiger partial charge in [-0.15, -0.1) is 0 Å². The van der Waals surface area contributed by atoms with Gasteiger partial charge in [0.05, 0.1) is 0 Å². The first kappa shape index (κ1) is 10.0. The Hall–Kier alpha value is -0.530. The lowest BCUT2D eigenvalue weighted by Crippen LogP contribution is -2.21. The van der Waals surface area contributed by atoms with E-state index in [1.165, 1.54) is 18.4 Å². The molecule has 1 nitrogen and oxygen atoms in total. The second-order valence-corrected chi connectivity index (χ2v) is 4.67. The first-order valence-corrected chi connectivity index (χ1v) is 5.59. The summed E-state index contributed by atoms with van der Waals surface area (Å²) in [5, 5.41) is 0.782. The Balaban J connectivity index is 2.13. The summed E-state index contributed by atoms with van der Waals surface area (Å²) in [7, 11) is 0. The fourth-order valence-corrected chi connectivity index (χ4v) is 2.30. The van der Waals surface area contributed by atoms with Crippen molar-refractivity contribution in [1.29, 1.82) is 0 Å². The molecule has 0 radical (unpaired) electrons. The maximum atomic E-state index is 6.31. The molecule has 0 unspecified atom stereocenters. The van der Waals surface area contributed by atoms with Gasteiger partial charge in [-0.05, 0) is 36.5 Å². The summed E-state index contributed by atoms with van der Waals surface area (Å²) in [6.45, 7) is 2.21. The summed E-state index contributed by atoms with van der Waals surface area (Å²) >= 11 is 5.84. The van der Waals surface area contributed by atoms with E-state index < -0.39 is 0 Å². The van der Waals surface area contributed by atoms with Gasteiger partial charge < -0.3 is 5.73 Å². The summed E-state index contributed by atoms with van der Waals surface area (Å²) in [6.07, 6.45) is 3.58. The molecule has 0 saturated heterocycles. The Kier molecular flexibility index (Phi) is 2.54. The van der Waals surface area contributed by atoms with Crippen molar-refractivity contribution >= 4 is 11.6 Å². The molecule has 1 fully saturated rings. The molecule has 0 heterocycles. The molecule has 1 aromatic carbocycles. The number of nitrogens with two attached hydrogens (primary N) is 1. The monoisotopic (exact) mass is 209 g/mol. The molecule has 1 aromatic rings. The third-order valence-electron chi connectivity index (χ3n) is 3.17. The van der Waals surface area contributed by atoms with Crippen LogP contribution in [0.3, 0.4) is 0 Å². The molecule has 2 rings (SSSR count). The second kappa shape index (κ2) is 3.56. The van der Waals surface area contributed by atoms with E-state index in [1.807, 2.05) is 12.1 Å². The van der Waals surface area contributed by atoms with Gasteiger partial charge in [-0.3, -0.25) is 0 Å². The molecule has 0 spiro atoms. The lowest BCUT2D eigenvalue weighted by atomic mass is 10.0. The van der Waals surface area contributed by atoms with Gasteiger partial charge in [0.25, 0.3) is 0 Å². The standard InChI is InChI=1S/C12H16ClN/c1-2-3-10-8-12(10,14)9-4-6-11(13)7-5-9/h4-7,10H,2-3,8,14H2,1H3/t10-,12+/m0/s1. The zero-order chi connectivity index (χ0) is 10.2. The quantitative estimate of drug-likeness (QED) is 0.812. The maximum absolute atomic E-state index is 6.31. The largest absolute Gasteiger partial charge is 0.321 e. The second-order valence-electron chi connectivity index (χ2n) is 4.24. The van der Waals surface area contributed by atoms with Crippen LogP contribution in [0.1, 0.15) is 31.7 Å². The van der Waals surface area contributed by atoms with Crippen molar-refractivity contribution in [1.82, 2.24) is 0 Å². The predicted molar refractivity (Wildman–Crippen MR) is 60.3 cm³/mol. The van der Waals surface area contributed by atoms with E-state index in [2.05, 4.69) is 19.1 Å². The smallest absolute Gasteiger partial charge is 0.0442 e. The van der Waals surface area contributed by atoms with Crippen LogP contribution in [0, 0.1) is 5.92 Å². The minimum atomic E-state index is -0.0550. The molecule has 0 amide bonds. The van der Waals surface area contributed by atoms with E-state index in [1.54, 1.807) is 0 Å². The molecule has 0 aromatic heterocycles. The van der Waals surface area contributed by atoms with Crippen molar-refractivity contribution in [2.75, 3.05) is 0 Å². The Morgan fingerprint density at radius 1 is 1.43 bits per heavy atom. The molecule has 14 heavy (non-hydrogen) atoms. The molecule has 1 aliphatic carbocycles. The molecule has 0 bridgehead atoms. The van der Waals surface area contributed by atoms with Crippen LogP contribution in [0.25, 0.3) is 0 Å². The van der Waals surface area contributed by atoms with Crippen LogP contribution in [-0.4, -0.2) is 0 Å². The van der Waals surface area contributed by atoms with Crippen LogP contribution >= 0.6 is 11.6 Å². The van der Waals surface area contributed by atoms with Crippen LogP contribution in [0.15, 0.2) is 24.3 Å². The lowest BCUT2D eigenvalue weighted by molar-refractivity contribution is 0.583. The number of hydrogen-bond donors (Lipinski definition) is 1. The molecule has 2 heteroatoms. The first-order valence-electron chi connectivity index (χ1n) is 5.21. The molecular formula is C12H16ClN. The minimum Gasteiger partial charge on any atom is -0.321 e. The van der Waals surface area contributed by atoms with Crippen molar-refractivity contribution in [2.24, 2.45) is 11.7 Å². The summed E-state index contributed by atoms with van der Waals surface area (Å²) in [4.78, 5) is 0. The van der Waals surface area contributed by atoms with Crippen molar-refractivity contribution in [3.05, 3.63) is 34.9 Å². The van der Waals surface area contributed by atoms with E-state index in [9.17, 15) is 0 Å². The van der Waals surface area contributed by atoms with Crippen LogP contribution in [0.2, 0.25) is 5.02 Å². The van der Waals surface area contributed by atoms with Gasteiger partial charge in [0.1, 0.15) is 0 Å². The highest BCUT2D eigenvalue weighted by molar-refractivity contribution is 6.30. The predicted octanol–water partition coefficient (Wildman–Crippen LogP) is 3.31. The van der Waals surface area contributed by atoms with Gasteiger partial charge in [0.2, 0.25) is 0 Å². The highest BCUT2D eigenvalue weighted by atomic mass is 35.5. The van der Waals surface area contributed by atoms with E-state index >= 15 is 0 Å². The van der Waals surface area contributed by atoms with Crippen LogP contribution < -0.4 is 5.73 Å². The number of halogens is 1. The summed E-state index contributed by atoms with van der Waals surface area (Å²) in [5.74, 6) is 0.675.